The number of carbonyl (C=O) groups is 1. The Balaban J connectivity index is 1.54. The molecule has 4 heterocycles. The van der Waals surface area contributed by atoms with E-state index >= 15 is 0 Å². The molecular weight excluding hydrogens is 320 g/mol. The molecule has 0 aromatic carbocycles. The minimum Gasteiger partial charge on any atom is -0.374 e. The van der Waals surface area contributed by atoms with E-state index in [2.05, 4.69) is 25.3 Å². The van der Waals surface area contributed by atoms with Crippen LogP contribution >= 0.6 is 0 Å². The lowest BCUT2D eigenvalue weighted by molar-refractivity contribution is 0.000629. The third-order valence-corrected chi connectivity index (χ3v) is 4.83. The van der Waals surface area contributed by atoms with Crippen molar-refractivity contribution in [1.82, 2.24) is 25.1 Å². The number of hydrogen-bond donors (Lipinski definition) is 1. The molecule has 2 fully saturated rings. The monoisotopic (exact) mass is 342 g/mol. The van der Waals surface area contributed by atoms with Crippen molar-refractivity contribution in [1.29, 1.82) is 0 Å². The fourth-order valence-electron chi connectivity index (χ4n) is 3.64. The zero-order chi connectivity index (χ0) is 17.4. The Bertz CT molecular complexity index is 759. The topological polar surface area (TPSA) is 85.2 Å². The molecule has 132 valence electrons. The number of carbonyl (C=O) groups excluding carboxylic acids is 1. The van der Waals surface area contributed by atoms with Crippen molar-refractivity contribution in [2.24, 2.45) is 7.05 Å². The highest BCUT2D eigenvalue weighted by Gasteiger charge is 2.45. The Morgan fingerprint density at radius 3 is 2.84 bits per heavy atom. The number of aryl methyl sites for hydroxylation is 2. The van der Waals surface area contributed by atoms with Crippen molar-refractivity contribution < 1.29 is 9.53 Å². The quantitative estimate of drug-likeness (QED) is 0.883. The number of hydrogen-bond acceptors (Lipinski definition) is 6. The standard InChI is InChI=1S/C17H22N6O2/c1-11-6-18-17(19-7-11)23-10-13(15-14(23)4-3-5-25-15)21-16(24)12-8-20-22(2)9-12/h6-9,13-15H,3-5,10H2,1-2H3,(H,21,24)/t13-,14-,15-/m1/s1. The zero-order valence-corrected chi connectivity index (χ0v) is 14.4. The predicted octanol–water partition coefficient (Wildman–Crippen LogP) is 0.685. The van der Waals surface area contributed by atoms with Gasteiger partial charge in [-0.2, -0.15) is 5.10 Å². The van der Waals surface area contributed by atoms with Crippen LogP contribution < -0.4 is 10.2 Å². The number of nitrogens with zero attached hydrogens (tertiary/aromatic N) is 5. The highest BCUT2D eigenvalue weighted by molar-refractivity contribution is 5.94. The van der Waals surface area contributed by atoms with Crippen LogP contribution in [0.5, 0.6) is 0 Å². The van der Waals surface area contributed by atoms with Crippen LogP contribution in [0.3, 0.4) is 0 Å². The van der Waals surface area contributed by atoms with Crippen molar-refractivity contribution in [2.75, 3.05) is 18.1 Å². The zero-order valence-electron chi connectivity index (χ0n) is 14.4. The highest BCUT2D eigenvalue weighted by Crippen LogP contribution is 2.31. The minimum absolute atomic E-state index is 0.0423. The van der Waals surface area contributed by atoms with Crippen molar-refractivity contribution >= 4 is 11.9 Å². The van der Waals surface area contributed by atoms with Crippen LogP contribution in [0.25, 0.3) is 0 Å². The van der Waals surface area contributed by atoms with Crippen LogP contribution in [0.15, 0.2) is 24.8 Å². The summed E-state index contributed by atoms with van der Waals surface area (Å²) in [5.74, 6) is 0.571. The molecule has 2 aromatic rings. The smallest absolute Gasteiger partial charge is 0.254 e. The number of ether oxygens (including phenoxy) is 1. The van der Waals surface area contributed by atoms with Gasteiger partial charge in [0.1, 0.15) is 0 Å². The molecular formula is C17H22N6O2. The van der Waals surface area contributed by atoms with Crippen molar-refractivity contribution in [3.05, 3.63) is 35.9 Å². The van der Waals surface area contributed by atoms with E-state index in [1.807, 2.05) is 19.3 Å². The van der Waals surface area contributed by atoms with Gasteiger partial charge >= 0.3 is 0 Å². The van der Waals surface area contributed by atoms with Crippen molar-refractivity contribution in [2.45, 2.75) is 38.0 Å². The summed E-state index contributed by atoms with van der Waals surface area (Å²) in [5, 5.41) is 7.16. The molecule has 0 unspecified atom stereocenters. The summed E-state index contributed by atoms with van der Waals surface area (Å²) in [6.45, 7) is 3.34. The van der Waals surface area contributed by atoms with E-state index in [-0.39, 0.29) is 24.1 Å². The lowest BCUT2D eigenvalue weighted by atomic mass is 10.0. The lowest BCUT2D eigenvalue weighted by Gasteiger charge is -2.32. The largest absolute Gasteiger partial charge is 0.374 e. The second-order valence-corrected chi connectivity index (χ2v) is 6.74. The van der Waals surface area contributed by atoms with Crippen LogP contribution in [0.1, 0.15) is 28.8 Å². The Labute approximate surface area is 146 Å². The molecule has 4 rings (SSSR count). The summed E-state index contributed by atoms with van der Waals surface area (Å²) in [4.78, 5) is 23.6. The molecule has 1 amide bonds. The molecule has 1 N–H and O–H groups in total. The molecule has 2 aliphatic rings. The number of amides is 1. The van der Waals surface area contributed by atoms with Gasteiger partial charge in [0.05, 0.1) is 29.9 Å². The number of aromatic nitrogens is 4. The summed E-state index contributed by atoms with van der Waals surface area (Å²) in [7, 11) is 1.79. The van der Waals surface area contributed by atoms with Crippen molar-refractivity contribution in [3.63, 3.8) is 0 Å². The van der Waals surface area contributed by atoms with Gasteiger partial charge in [-0.1, -0.05) is 0 Å². The fraction of sp³-hybridized carbons (Fsp3) is 0.529. The van der Waals surface area contributed by atoms with E-state index in [4.69, 9.17) is 4.74 Å². The van der Waals surface area contributed by atoms with Crippen LogP contribution in [0.4, 0.5) is 5.95 Å². The molecule has 0 radical (unpaired) electrons. The third-order valence-electron chi connectivity index (χ3n) is 4.83. The first kappa shape index (κ1) is 16.0. The first-order valence-electron chi connectivity index (χ1n) is 8.58. The van der Waals surface area contributed by atoms with Gasteiger partial charge < -0.3 is 15.0 Å². The fourth-order valence-corrected chi connectivity index (χ4v) is 3.64. The number of fused-ring (bicyclic) bond motifs is 1. The second kappa shape index (κ2) is 6.44. The lowest BCUT2D eigenvalue weighted by Crippen LogP contribution is -2.47. The Morgan fingerprint density at radius 2 is 2.12 bits per heavy atom. The van der Waals surface area contributed by atoms with Crippen LogP contribution in [-0.2, 0) is 11.8 Å². The van der Waals surface area contributed by atoms with Gasteiger partial charge in [0.15, 0.2) is 0 Å². The van der Waals surface area contributed by atoms with Gasteiger partial charge in [0.2, 0.25) is 5.95 Å². The highest BCUT2D eigenvalue weighted by atomic mass is 16.5. The van der Waals surface area contributed by atoms with E-state index in [9.17, 15) is 4.79 Å². The van der Waals surface area contributed by atoms with E-state index in [0.29, 0.717) is 18.1 Å². The summed E-state index contributed by atoms with van der Waals surface area (Å²) >= 11 is 0. The predicted molar refractivity (Wildman–Crippen MR) is 91.3 cm³/mol. The van der Waals surface area contributed by atoms with E-state index in [1.54, 1.807) is 24.1 Å². The summed E-state index contributed by atoms with van der Waals surface area (Å²) in [6, 6.07) is 0.0959. The molecule has 8 nitrogen and oxygen atoms in total. The Kier molecular flexibility index (Phi) is 4.12. The van der Waals surface area contributed by atoms with E-state index < -0.39 is 0 Å². The van der Waals surface area contributed by atoms with Crippen molar-refractivity contribution in [3.8, 4) is 0 Å². The Morgan fingerprint density at radius 1 is 1.32 bits per heavy atom. The molecule has 25 heavy (non-hydrogen) atoms. The molecule has 0 bridgehead atoms. The van der Waals surface area contributed by atoms with Gasteiger partial charge in [-0.05, 0) is 25.3 Å². The van der Waals surface area contributed by atoms with Gasteiger partial charge in [0, 0.05) is 38.8 Å². The summed E-state index contributed by atoms with van der Waals surface area (Å²) < 4.78 is 7.62. The van der Waals surface area contributed by atoms with Gasteiger partial charge in [0.25, 0.3) is 5.91 Å². The number of anilines is 1. The first-order chi connectivity index (χ1) is 12.1. The SMILES string of the molecule is Cc1cnc(N2C[C@@H](NC(=O)c3cnn(C)c3)[C@H]3OCCC[C@H]32)nc1. The third kappa shape index (κ3) is 3.09. The van der Waals surface area contributed by atoms with Gasteiger partial charge in [-0.15, -0.1) is 0 Å². The number of rotatable bonds is 3. The minimum atomic E-state index is -0.127. The molecule has 0 aliphatic carbocycles. The van der Waals surface area contributed by atoms with Crippen LogP contribution in [-0.4, -0.2) is 57.0 Å². The molecule has 2 aromatic heterocycles. The van der Waals surface area contributed by atoms with Gasteiger partial charge in [-0.25, -0.2) is 9.97 Å². The van der Waals surface area contributed by atoms with E-state index in [0.717, 1.165) is 25.0 Å². The molecule has 0 spiro atoms. The summed E-state index contributed by atoms with van der Waals surface area (Å²) in [6.07, 6.45) is 8.91. The molecule has 2 saturated heterocycles. The maximum Gasteiger partial charge on any atom is 0.254 e. The molecule has 8 heteroatoms. The normalized spacial score (nSPS) is 25.7. The molecule has 3 atom stereocenters. The molecule has 0 saturated carbocycles. The molecule has 2 aliphatic heterocycles. The van der Waals surface area contributed by atoms with Crippen LogP contribution in [0.2, 0.25) is 0 Å². The van der Waals surface area contributed by atoms with E-state index in [1.165, 1.54) is 0 Å². The maximum absolute atomic E-state index is 12.5. The maximum atomic E-state index is 12.5. The average Bonchev–Trinajstić information content (AvgIpc) is 3.20. The van der Waals surface area contributed by atoms with Gasteiger partial charge in [-0.3, -0.25) is 9.48 Å². The Hall–Kier alpha value is -2.48. The number of nitrogens with one attached hydrogen (secondary N) is 1. The second-order valence-electron chi connectivity index (χ2n) is 6.74. The average molecular weight is 342 g/mol. The van der Waals surface area contributed by atoms with Crippen LogP contribution in [0, 0.1) is 6.92 Å². The summed E-state index contributed by atoms with van der Waals surface area (Å²) in [5.41, 5.74) is 1.58. The first-order valence-corrected chi connectivity index (χ1v) is 8.58.